The number of furan rings is 1. The molecule has 1 N–H and O–H groups in total. The van der Waals surface area contributed by atoms with Crippen LogP contribution >= 0.6 is 11.6 Å². The van der Waals surface area contributed by atoms with Gasteiger partial charge in [0.25, 0.3) is 0 Å². The number of aromatic nitrogens is 2. The van der Waals surface area contributed by atoms with Crippen molar-refractivity contribution in [3.05, 3.63) is 40.4 Å². The molecule has 7 nitrogen and oxygen atoms in total. The first-order valence-corrected chi connectivity index (χ1v) is 10.4. The Hall–Kier alpha value is -2.80. The largest absolute Gasteiger partial charge is 0.495 e. The topological polar surface area (TPSA) is 80.5 Å². The fraction of sp³-hybridized carbons (Fsp3) is 0.409. The minimum Gasteiger partial charge on any atom is -0.495 e. The fourth-order valence-electron chi connectivity index (χ4n) is 3.90. The van der Waals surface area contributed by atoms with Gasteiger partial charge in [0.1, 0.15) is 23.2 Å². The highest BCUT2D eigenvalue weighted by Gasteiger charge is 2.28. The lowest BCUT2D eigenvalue weighted by atomic mass is 9.95. The van der Waals surface area contributed by atoms with Crippen LogP contribution < -0.4 is 15.0 Å². The molecular formula is C22H25ClN4O3. The first-order valence-electron chi connectivity index (χ1n) is 10.0. The average molecular weight is 429 g/mol. The van der Waals surface area contributed by atoms with Crippen molar-refractivity contribution in [3.8, 4) is 5.75 Å². The minimum atomic E-state index is -0.0623. The fourth-order valence-corrected chi connectivity index (χ4v) is 4.16. The van der Waals surface area contributed by atoms with Crippen LogP contribution in [0.5, 0.6) is 5.75 Å². The second kappa shape index (κ2) is 8.14. The number of aryl methyl sites for hydroxylation is 3. The Labute approximate surface area is 180 Å². The van der Waals surface area contributed by atoms with Gasteiger partial charge in [-0.1, -0.05) is 11.6 Å². The Kier molecular flexibility index (Phi) is 5.56. The zero-order chi connectivity index (χ0) is 21.4. The van der Waals surface area contributed by atoms with Crippen LogP contribution in [0.3, 0.4) is 0 Å². The van der Waals surface area contributed by atoms with Crippen molar-refractivity contribution < 1.29 is 13.9 Å². The molecule has 0 bridgehead atoms. The Morgan fingerprint density at radius 3 is 2.63 bits per heavy atom. The van der Waals surface area contributed by atoms with Crippen molar-refractivity contribution in [1.29, 1.82) is 0 Å². The Morgan fingerprint density at radius 2 is 1.97 bits per heavy atom. The molecule has 1 amide bonds. The molecule has 0 saturated carbocycles. The van der Waals surface area contributed by atoms with Gasteiger partial charge in [0.2, 0.25) is 11.6 Å². The summed E-state index contributed by atoms with van der Waals surface area (Å²) in [7, 11) is 1.56. The quantitative estimate of drug-likeness (QED) is 0.650. The third-order valence-corrected chi connectivity index (χ3v) is 6.00. The average Bonchev–Trinajstić information content (AvgIpc) is 3.01. The van der Waals surface area contributed by atoms with E-state index in [1.165, 1.54) is 0 Å². The number of carbonyl (C=O) groups excluding carboxylic acids is 1. The molecule has 30 heavy (non-hydrogen) atoms. The molecule has 0 aliphatic carbocycles. The van der Waals surface area contributed by atoms with Gasteiger partial charge in [-0.25, -0.2) is 4.98 Å². The van der Waals surface area contributed by atoms with Crippen LogP contribution in [0.1, 0.15) is 30.0 Å². The van der Waals surface area contributed by atoms with Gasteiger partial charge < -0.3 is 19.4 Å². The highest BCUT2D eigenvalue weighted by molar-refractivity contribution is 6.32. The number of nitrogens with one attached hydrogen (secondary N) is 1. The molecule has 158 valence electrons. The van der Waals surface area contributed by atoms with Crippen LogP contribution in [-0.4, -0.2) is 36.1 Å². The standard InChI is InChI=1S/C22H25ClN4O3/c1-12-13(2)30-22-19(12)20(24-14(3)25-22)27-9-7-15(8-10-27)21(28)26-16-5-6-18(29-4)17(23)11-16/h5-6,11,15H,7-10H2,1-4H3,(H,26,28). The molecule has 8 heteroatoms. The Morgan fingerprint density at radius 1 is 1.23 bits per heavy atom. The van der Waals surface area contributed by atoms with E-state index in [-0.39, 0.29) is 11.8 Å². The third-order valence-electron chi connectivity index (χ3n) is 5.71. The maximum Gasteiger partial charge on any atom is 0.231 e. The van der Waals surface area contributed by atoms with E-state index in [1.807, 2.05) is 20.8 Å². The van der Waals surface area contributed by atoms with E-state index < -0.39 is 0 Å². The van der Waals surface area contributed by atoms with Crippen molar-refractivity contribution in [3.63, 3.8) is 0 Å². The van der Waals surface area contributed by atoms with Gasteiger partial charge in [-0.05, 0) is 51.8 Å². The summed E-state index contributed by atoms with van der Waals surface area (Å²) in [5.41, 5.74) is 2.37. The van der Waals surface area contributed by atoms with Gasteiger partial charge in [0, 0.05) is 30.3 Å². The van der Waals surface area contributed by atoms with Gasteiger partial charge in [0.05, 0.1) is 17.5 Å². The highest BCUT2D eigenvalue weighted by atomic mass is 35.5. The molecule has 0 unspecified atom stereocenters. The maximum absolute atomic E-state index is 12.8. The summed E-state index contributed by atoms with van der Waals surface area (Å²) < 4.78 is 11.0. The number of rotatable bonds is 4. The predicted molar refractivity (Wildman–Crippen MR) is 118 cm³/mol. The lowest BCUT2D eigenvalue weighted by Gasteiger charge is -2.32. The lowest BCUT2D eigenvalue weighted by Crippen LogP contribution is -2.38. The first-order chi connectivity index (χ1) is 14.4. The normalized spacial score (nSPS) is 14.9. The van der Waals surface area contributed by atoms with Crippen LogP contribution in [0, 0.1) is 26.7 Å². The summed E-state index contributed by atoms with van der Waals surface area (Å²) >= 11 is 6.16. The molecular weight excluding hydrogens is 404 g/mol. The number of fused-ring (bicyclic) bond motifs is 1. The number of hydrogen-bond acceptors (Lipinski definition) is 6. The Bertz CT molecular complexity index is 1100. The summed E-state index contributed by atoms with van der Waals surface area (Å²) in [5, 5.41) is 4.41. The van der Waals surface area contributed by atoms with Crippen molar-refractivity contribution >= 4 is 40.1 Å². The van der Waals surface area contributed by atoms with Gasteiger partial charge in [-0.2, -0.15) is 4.98 Å². The number of anilines is 2. The molecule has 0 atom stereocenters. The summed E-state index contributed by atoms with van der Waals surface area (Å²) in [6.45, 7) is 7.34. The SMILES string of the molecule is COc1ccc(NC(=O)C2CCN(c3nc(C)nc4oc(C)c(C)c34)CC2)cc1Cl. The van der Waals surface area contributed by atoms with Gasteiger partial charge >= 0.3 is 0 Å². The number of carbonyl (C=O) groups is 1. The summed E-state index contributed by atoms with van der Waals surface area (Å²) in [6, 6.07) is 5.25. The molecule has 1 aliphatic heterocycles. The smallest absolute Gasteiger partial charge is 0.231 e. The van der Waals surface area contributed by atoms with Gasteiger partial charge in [0.15, 0.2) is 0 Å². The highest BCUT2D eigenvalue weighted by Crippen LogP contribution is 2.34. The monoisotopic (exact) mass is 428 g/mol. The zero-order valence-corrected chi connectivity index (χ0v) is 18.3. The minimum absolute atomic E-state index is 0.00948. The zero-order valence-electron chi connectivity index (χ0n) is 17.6. The molecule has 3 aromatic rings. The molecule has 1 aliphatic rings. The molecule has 2 aromatic heterocycles. The number of hydrogen-bond donors (Lipinski definition) is 1. The predicted octanol–water partition coefficient (Wildman–Crippen LogP) is 4.67. The molecule has 3 heterocycles. The number of benzene rings is 1. The lowest BCUT2D eigenvalue weighted by molar-refractivity contribution is -0.120. The van der Waals surface area contributed by atoms with E-state index >= 15 is 0 Å². The summed E-state index contributed by atoms with van der Waals surface area (Å²) in [5.74, 6) is 2.97. The summed E-state index contributed by atoms with van der Waals surface area (Å²) in [4.78, 5) is 24.1. The van der Waals surface area contributed by atoms with Crippen LogP contribution in [0.4, 0.5) is 11.5 Å². The third kappa shape index (κ3) is 3.81. The van der Waals surface area contributed by atoms with E-state index in [1.54, 1.807) is 25.3 Å². The summed E-state index contributed by atoms with van der Waals surface area (Å²) in [6.07, 6.45) is 1.49. The number of methoxy groups -OCH3 is 1. The number of halogens is 1. The Balaban J connectivity index is 1.46. The number of ether oxygens (including phenoxy) is 1. The number of nitrogens with zero attached hydrogens (tertiary/aromatic N) is 3. The number of piperidine rings is 1. The first kappa shape index (κ1) is 20.5. The van der Waals surface area contributed by atoms with E-state index in [4.69, 9.17) is 25.7 Å². The molecule has 1 aromatic carbocycles. The van der Waals surface area contributed by atoms with Crippen molar-refractivity contribution in [1.82, 2.24) is 9.97 Å². The van der Waals surface area contributed by atoms with Crippen LogP contribution in [-0.2, 0) is 4.79 Å². The van der Waals surface area contributed by atoms with Crippen molar-refractivity contribution in [2.45, 2.75) is 33.6 Å². The van der Waals surface area contributed by atoms with Gasteiger partial charge in [-0.15, -0.1) is 0 Å². The molecule has 0 spiro atoms. The van der Waals surface area contributed by atoms with Crippen molar-refractivity contribution in [2.24, 2.45) is 5.92 Å². The number of amides is 1. The molecule has 1 fully saturated rings. The van der Waals surface area contributed by atoms with Crippen LogP contribution in [0.15, 0.2) is 22.6 Å². The van der Waals surface area contributed by atoms with Gasteiger partial charge in [-0.3, -0.25) is 4.79 Å². The van der Waals surface area contributed by atoms with E-state index in [0.29, 0.717) is 28.0 Å². The maximum atomic E-state index is 12.8. The van der Waals surface area contributed by atoms with E-state index in [0.717, 1.165) is 48.5 Å². The van der Waals surface area contributed by atoms with E-state index in [9.17, 15) is 4.79 Å². The van der Waals surface area contributed by atoms with Crippen LogP contribution in [0.2, 0.25) is 5.02 Å². The van der Waals surface area contributed by atoms with E-state index in [2.05, 4.69) is 15.2 Å². The van der Waals surface area contributed by atoms with Crippen molar-refractivity contribution in [2.75, 3.05) is 30.4 Å². The molecule has 4 rings (SSSR count). The molecule has 1 saturated heterocycles. The van der Waals surface area contributed by atoms with Crippen LogP contribution in [0.25, 0.3) is 11.1 Å². The molecule has 0 radical (unpaired) electrons. The second-order valence-electron chi connectivity index (χ2n) is 7.66. The second-order valence-corrected chi connectivity index (χ2v) is 8.06.